The number of carbonyl (C=O) groups excluding carboxylic acids is 1. The van der Waals surface area contributed by atoms with E-state index in [1.807, 2.05) is 56.9 Å². The van der Waals surface area contributed by atoms with Gasteiger partial charge >= 0.3 is 0 Å². The number of anilines is 1. The largest absolute Gasteiger partial charge is 0.397 e. The molecule has 0 aromatic carbocycles. The predicted octanol–water partition coefficient (Wildman–Crippen LogP) is 4.43. The highest BCUT2D eigenvalue weighted by atomic mass is 32.1. The highest BCUT2D eigenvalue weighted by Gasteiger charge is 2.56. The highest BCUT2D eigenvalue weighted by molar-refractivity contribution is 7.15. The van der Waals surface area contributed by atoms with E-state index >= 15 is 0 Å². The van der Waals surface area contributed by atoms with E-state index in [-0.39, 0.29) is 11.6 Å². The van der Waals surface area contributed by atoms with Crippen molar-refractivity contribution in [3.63, 3.8) is 0 Å². The van der Waals surface area contributed by atoms with E-state index in [0.717, 1.165) is 36.4 Å². The summed E-state index contributed by atoms with van der Waals surface area (Å²) >= 11 is 1.47. The molecule has 0 saturated carbocycles. The molecule has 1 atom stereocenters. The van der Waals surface area contributed by atoms with Crippen LogP contribution in [0.15, 0.2) is 36.4 Å². The van der Waals surface area contributed by atoms with E-state index in [0.29, 0.717) is 10.6 Å². The molecule has 1 spiro atoms. The van der Waals surface area contributed by atoms with Crippen molar-refractivity contribution in [2.75, 3.05) is 18.8 Å². The van der Waals surface area contributed by atoms with Gasteiger partial charge in [0.25, 0.3) is 5.91 Å². The van der Waals surface area contributed by atoms with Gasteiger partial charge in [-0.05, 0) is 58.7 Å². The van der Waals surface area contributed by atoms with Crippen LogP contribution in [0.3, 0.4) is 0 Å². The first kappa shape index (κ1) is 19.5. The smallest absolute Gasteiger partial charge is 0.267 e. The maximum atomic E-state index is 12.7. The Bertz CT molecular complexity index is 701. The minimum absolute atomic E-state index is 0.0512. The van der Waals surface area contributed by atoms with Crippen LogP contribution >= 0.6 is 11.3 Å². The summed E-state index contributed by atoms with van der Waals surface area (Å²) in [7, 11) is 0. The van der Waals surface area contributed by atoms with Gasteiger partial charge < -0.3 is 10.6 Å². The lowest BCUT2D eigenvalue weighted by Gasteiger charge is -2.10. The van der Waals surface area contributed by atoms with Gasteiger partial charge in [0, 0.05) is 4.88 Å². The number of nitrogen functional groups attached to an aromatic ring is 1. The molecular formula is C20H29N3OS. The third-order valence-electron chi connectivity index (χ3n) is 4.60. The number of amides is 1. The van der Waals surface area contributed by atoms with Crippen molar-refractivity contribution in [1.29, 1.82) is 0 Å². The van der Waals surface area contributed by atoms with Gasteiger partial charge in [-0.15, -0.1) is 11.3 Å². The van der Waals surface area contributed by atoms with Crippen molar-refractivity contribution in [3.05, 3.63) is 46.2 Å². The molecule has 5 heteroatoms. The second-order valence-electron chi connectivity index (χ2n) is 6.63. The average Bonchev–Trinajstić information content (AvgIpc) is 2.89. The zero-order valence-electron chi connectivity index (χ0n) is 15.7. The van der Waals surface area contributed by atoms with Crippen LogP contribution in [0.25, 0.3) is 5.57 Å². The second-order valence-corrected chi connectivity index (χ2v) is 7.68. The van der Waals surface area contributed by atoms with Crippen molar-refractivity contribution < 1.29 is 4.79 Å². The number of nitrogens with two attached hydrogens (primary N) is 1. The van der Waals surface area contributed by atoms with E-state index in [9.17, 15) is 4.79 Å². The number of nitrogens with zero attached hydrogens (tertiary/aromatic N) is 1. The summed E-state index contributed by atoms with van der Waals surface area (Å²) < 4.78 is 0. The first-order chi connectivity index (χ1) is 11.9. The molecule has 0 bridgehead atoms. The predicted molar refractivity (Wildman–Crippen MR) is 109 cm³/mol. The van der Waals surface area contributed by atoms with E-state index < -0.39 is 0 Å². The van der Waals surface area contributed by atoms with E-state index in [2.05, 4.69) is 11.9 Å². The van der Waals surface area contributed by atoms with Crippen LogP contribution in [0.5, 0.6) is 0 Å². The molecular weight excluding hydrogens is 330 g/mol. The van der Waals surface area contributed by atoms with Crippen LogP contribution in [0.4, 0.5) is 5.69 Å². The van der Waals surface area contributed by atoms with Gasteiger partial charge in [-0.25, -0.2) is 0 Å². The van der Waals surface area contributed by atoms with Gasteiger partial charge in [-0.1, -0.05) is 30.4 Å². The number of thiophene rings is 1. The third kappa shape index (κ3) is 4.05. The Hall–Kier alpha value is -1.85. The van der Waals surface area contributed by atoms with Crippen LogP contribution in [0, 0.1) is 0 Å². The monoisotopic (exact) mass is 359 g/mol. The minimum atomic E-state index is -0.0779. The first-order valence-electron chi connectivity index (χ1n) is 8.74. The van der Waals surface area contributed by atoms with Crippen LogP contribution < -0.4 is 11.1 Å². The molecule has 25 heavy (non-hydrogen) atoms. The molecule has 2 saturated heterocycles. The Morgan fingerprint density at radius 3 is 2.56 bits per heavy atom. The number of carbonyl (C=O) groups is 1. The van der Waals surface area contributed by atoms with Crippen LogP contribution in [-0.4, -0.2) is 29.6 Å². The van der Waals surface area contributed by atoms with Crippen molar-refractivity contribution in [2.24, 2.45) is 0 Å². The van der Waals surface area contributed by atoms with E-state index in [1.165, 1.54) is 16.9 Å². The first-order valence-corrected chi connectivity index (χ1v) is 9.55. The highest BCUT2D eigenvalue weighted by Crippen LogP contribution is 2.41. The number of rotatable bonds is 3. The maximum Gasteiger partial charge on any atom is 0.267 e. The third-order valence-corrected chi connectivity index (χ3v) is 5.77. The summed E-state index contributed by atoms with van der Waals surface area (Å²) in [5.41, 5.74) is 8.80. The van der Waals surface area contributed by atoms with Crippen molar-refractivity contribution in [3.8, 4) is 0 Å². The van der Waals surface area contributed by atoms with E-state index in [1.54, 1.807) is 0 Å². The SMILES string of the molecule is C/C=C\C.C=CC(=C(C)C)c1cc(N)c(C(=O)N2CC23CCCN3)s1. The molecule has 0 radical (unpaired) electrons. The Balaban J connectivity index is 0.000000511. The van der Waals surface area contributed by atoms with Crippen molar-refractivity contribution in [1.82, 2.24) is 10.2 Å². The zero-order valence-corrected chi connectivity index (χ0v) is 16.5. The fourth-order valence-electron chi connectivity index (χ4n) is 3.03. The Labute approximate surface area is 155 Å². The van der Waals surface area contributed by atoms with Gasteiger partial charge in [0.2, 0.25) is 0 Å². The number of nitrogens with one attached hydrogen (secondary N) is 1. The molecule has 2 aliphatic heterocycles. The van der Waals surface area contributed by atoms with Crippen molar-refractivity contribution in [2.45, 2.75) is 46.2 Å². The summed E-state index contributed by atoms with van der Waals surface area (Å²) in [6.45, 7) is 13.7. The van der Waals surface area contributed by atoms with Gasteiger partial charge in [0.1, 0.15) is 10.5 Å². The molecule has 1 aromatic heterocycles. The lowest BCUT2D eigenvalue weighted by atomic mass is 10.1. The molecule has 1 aromatic rings. The number of hydrogen-bond acceptors (Lipinski definition) is 4. The zero-order chi connectivity index (χ0) is 18.6. The fourth-order valence-corrected chi connectivity index (χ4v) is 4.20. The Morgan fingerprint density at radius 1 is 1.40 bits per heavy atom. The molecule has 4 nitrogen and oxygen atoms in total. The molecule has 3 heterocycles. The van der Waals surface area contributed by atoms with Crippen LogP contribution in [0.1, 0.15) is 55.1 Å². The standard InChI is InChI=1S/C16H21N3OS.C4H8/c1-4-11(10(2)3)13-8-12(17)14(21-13)15(20)19-9-16(19)6-5-7-18-16;1-3-4-2/h4,8,18H,1,5-7,9,17H2,2-3H3;3-4H,1-2H3/b;4-3-. The number of hydrogen-bond donors (Lipinski definition) is 2. The van der Waals surface area contributed by atoms with Crippen LogP contribution in [0.2, 0.25) is 0 Å². The van der Waals surface area contributed by atoms with Gasteiger partial charge in [0.05, 0.1) is 12.2 Å². The molecule has 1 unspecified atom stereocenters. The molecule has 136 valence electrons. The number of allylic oxidation sites excluding steroid dienone is 5. The normalized spacial score (nSPS) is 21.2. The summed E-state index contributed by atoms with van der Waals surface area (Å²) in [5.74, 6) is 0.0512. The summed E-state index contributed by atoms with van der Waals surface area (Å²) in [6.07, 6.45) is 8.00. The Kier molecular flexibility index (Phi) is 6.25. The second kappa shape index (κ2) is 8.02. The molecule has 2 aliphatic rings. The molecule has 3 N–H and O–H groups in total. The molecule has 0 aliphatic carbocycles. The molecule has 3 rings (SSSR count). The average molecular weight is 360 g/mol. The van der Waals surface area contributed by atoms with Gasteiger partial charge in [-0.2, -0.15) is 0 Å². The van der Waals surface area contributed by atoms with Gasteiger partial charge in [-0.3, -0.25) is 10.1 Å². The quantitative estimate of drug-likeness (QED) is 0.477. The van der Waals surface area contributed by atoms with E-state index in [4.69, 9.17) is 5.73 Å². The summed E-state index contributed by atoms with van der Waals surface area (Å²) in [5, 5.41) is 3.43. The van der Waals surface area contributed by atoms with Crippen LogP contribution in [-0.2, 0) is 0 Å². The topological polar surface area (TPSA) is 58.1 Å². The van der Waals surface area contributed by atoms with Gasteiger partial charge in [0.15, 0.2) is 0 Å². The molecule has 1 amide bonds. The summed E-state index contributed by atoms with van der Waals surface area (Å²) in [6, 6.07) is 1.89. The lowest BCUT2D eigenvalue weighted by Crippen LogP contribution is -2.32. The molecule has 2 fully saturated rings. The van der Waals surface area contributed by atoms with Crippen molar-refractivity contribution >= 4 is 28.5 Å². The minimum Gasteiger partial charge on any atom is -0.397 e. The lowest BCUT2D eigenvalue weighted by molar-refractivity contribution is 0.0854. The maximum absolute atomic E-state index is 12.7. The Morgan fingerprint density at radius 2 is 2.08 bits per heavy atom. The fraction of sp³-hybridized carbons (Fsp3) is 0.450. The summed E-state index contributed by atoms with van der Waals surface area (Å²) in [4.78, 5) is 16.2.